The summed E-state index contributed by atoms with van der Waals surface area (Å²) in [5.41, 5.74) is 3.28. The van der Waals surface area contributed by atoms with Crippen molar-refractivity contribution in [1.29, 1.82) is 5.26 Å². The predicted molar refractivity (Wildman–Crippen MR) is 68.5 cm³/mol. The lowest BCUT2D eigenvalue weighted by Crippen LogP contribution is -1.91. The van der Waals surface area contributed by atoms with Gasteiger partial charge in [-0.3, -0.25) is 4.21 Å². The largest absolute Gasteiger partial charge is 0.768 e. The van der Waals surface area contributed by atoms with E-state index in [1.54, 1.807) is 18.2 Å². The van der Waals surface area contributed by atoms with Gasteiger partial charge in [-0.05, 0) is 47.3 Å². The first kappa shape index (κ1) is 12.5. The van der Waals surface area contributed by atoms with Crippen LogP contribution in [0.2, 0.25) is 0 Å². The molecule has 0 saturated carbocycles. The van der Waals surface area contributed by atoms with E-state index < -0.39 is 11.1 Å². The fourth-order valence-corrected chi connectivity index (χ4v) is 2.24. The normalized spacial score (nSPS) is 11.8. The fourth-order valence-electron chi connectivity index (χ4n) is 1.88. The quantitative estimate of drug-likeness (QED) is 0.776. The minimum absolute atomic E-state index is 0.242. The van der Waals surface area contributed by atoms with Crippen LogP contribution in [0.5, 0.6) is 0 Å². The second kappa shape index (κ2) is 5.13. The van der Waals surface area contributed by atoms with E-state index in [-0.39, 0.29) is 4.90 Å². The van der Waals surface area contributed by atoms with Gasteiger partial charge in [-0.15, -0.1) is 0 Å². The zero-order chi connectivity index (χ0) is 13.1. The number of hydrogen-bond donors (Lipinski definition) is 0. The summed E-state index contributed by atoms with van der Waals surface area (Å²) in [6.07, 6.45) is 0. The van der Waals surface area contributed by atoms with Crippen LogP contribution in [0.4, 0.5) is 0 Å². The second-order valence-corrected chi connectivity index (χ2v) is 4.81. The van der Waals surface area contributed by atoms with Crippen molar-refractivity contribution in [1.82, 2.24) is 0 Å². The van der Waals surface area contributed by atoms with Crippen molar-refractivity contribution in [2.75, 3.05) is 0 Å². The minimum Gasteiger partial charge on any atom is -0.768 e. The maximum Gasteiger partial charge on any atom is 0.0998 e. The predicted octanol–water partition coefficient (Wildman–Crippen LogP) is 2.77. The molecule has 0 saturated heterocycles. The molecule has 0 bridgehead atoms. The Labute approximate surface area is 108 Å². The molecule has 0 spiro atoms. The Morgan fingerprint density at radius 1 is 1.17 bits per heavy atom. The number of aryl methyl sites for hydroxylation is 1. The summed E-state index contributed by atoms with van der Waals surface area (Å²) in [6.45, 7) is 1.93. The van der Waals surface area contributed by atoms with Crippen molar-refractivity contribution in [3.63, 3.8) is 0 Å². The van der Waals surface area contributed by atoms with Gasteiger partial charge in [0, 0.05) is 10.5 Å². The molecule has 2 aromatic rings. The monoisotopic (exact) mass is 256 g/mol. The Kier molecular flexibility index (Phi) is 3.56. The number of nitriles is 1. The summed E-state index contributed by atoms with van der Waals surface area (Å²) in [7, 11) is 0. The average molecular weight is 256 g/mol. The van der Waals surface area contributed by atoms with Crippen LogP contribution in [0.3, 0.4) is 0 Å². The Morgan fingerprint density at radius 2 is 1.83 bits per heavy atom. The smallest absolute Gasteiger partial charge is 0.0998 e. The van der Waals surface area contributed by atoms with Crippen molar-refractivity contribution in [2.45, 2.75) is 11.8 Å². The lowest BCUT2D eigenvalue weighted by molar-refractivity contribution is 0.537. The Morgan fingerprint density at radius 3 is 2.39 bits per heavy atom. The molecule has 1 atom stereocenters. The maximum absolute atomic E-state index is 10.8. The van der Waals surface area contributed by atoms with Crippen LogP contribution in [-0.2, 0) is 11.1 Å². The standard InChI is InChI=1S/C14H11NO2S/c1-10-3-2-4-12(9-15)14(10)11-5-7-13(8-6-11)18(16)17/h2-8H,1H3,(H,16,17)/p-1. The SMILES string of the molecule is Cc1cccc(C#N)c1-c1ccc(S(=O)[O-])cc1. The minimum atomic E-state index is -2.22. The molecule has 2 rings (SSSR count). The third kappa shape index (κ3) is 2.33. The van der Waals surface area contributed by atoms with Gasteiger partial charge in [0.15, 0.2) is 0 Å². The molecule has 0 heterocycles. The second-order valence-electron chi connectivity index (χ2n) is 3.87. The number of rotatable bonds is 2. The third-order valence-electron chi connectivity index (χ3n) is 2.73. The zero-order valence-electron chi connectivity index (χ0n) is 9.71. The highest BCUT2D eigenvalue weighted by atomic mass is 32.2. The van der Waals surface area contributed by atoms with E-state index in [1.807, 2.05) is 19.1 Å². The summed E-state index contributed by atoms with van der Waals surface area (Å²) in [4.78, 5) is 0.242. The molecule has 0 N–H and O–H groups in total. The first-order chi connectivity index (χ1) is 8.63. The van der Waals surface area contributed by atoms with Crippen molar-refractivity contribution >= 4 is 11.1 Å². The van der Waals surface area contributed by atoms with Crippen LogP contribution in [0.15, 0.2) is 47.4 Å². The lowest BCUT2D eigenvalue weighted by atomic mass is 9.96. The van der Waals surface area contributed by atoms with Gasteiger partial charge in [0.05, 0.1) is 11.6 Å². The summed E-state index contributed by atoms with van der Waals surface area (Å²) in [6, 6.07) is 14.2. The van der Waals surface area contributed by atoms with Gasteiger partial charge in [-0.25, -0.2) is 0 Å². The lowest BCUT2D eigenvalue weighted by Gasteiger charge is -2.10. The molecule has 0 aliphatic carbocycles. The number of nitrogens with zero attached hydrogens (tertiary/aromatic N) is 1. The van der Waals surface area contributed by atoms with E-state index in [4.69, 9.17) is 5.26 Å². The van der Waals surface area contributed by atoms with Crippen LogP contribution in [-0.4, -0.2) is 8.76 Å². The van der Waals surface area contributed by atoms with Gasteiger partial charge in [-0.2, -0.15) is 5.26 Å². The van der Waals surface area contributed by atoms with E-state index in [1.165, 1.54) is 12.1 Å². The first-order valence-electron chi connectivity index (χ1n) is 5.33. The van der Waals surface area contributed by atoms with E-state index in [9.17, 15) is 8.76 Å². The van der Waals surface area contributed by atoms with Crippen molar-refractivity contribution < 1.29 is 8.76 Å². The van der Waals surface area contributed by atoms with Gasteiger partial charge < -0.3 is 4.55 Å². The first-order valence-corrected chi connectivity index (χ1v) is 6.40. The Balaban J connectivity index is 2.56. The van der Waals surface area contributed by atoms with Crippen molar-refractivity contribution in [3.8, 4) is 17.2 Å². The third-order valence-corrected chi connectivity index (χ3v) is 3.39. The molecular formula is C14H10NO2S-. The van der Waals surface area contributed by atoms with E-state index in [0.29, 0.717) is 5.56 Å². The Hall–Kier alpha value is -1.96. The molecule has 4 heteroatoms. The van der Waals surface area contributed by atoms with Gasteiger partial charge >= 0.3 is 0 Å². The molecule has 0 fully saturated rings. The van der Waals surface area contributed by atoms with E-state index >= 15 is 0 Å². The summed E-state index contributed by atoms with van der Waals surface area (Å²) in [5, 5.41) is 9.10. The van der Waals surface area contributed by atoms with Crippen LogP contribution >= 0.6 is 0 Å². The van der Waals surface area contributed by atoms with Gasteiger partial charge in [0.2, 0.25) is 0 Å². The van der Waals surface area contributed by atoms with Crippen LogP contribution < -0.4 is 0 Å². The average Bonchev–Trinajstić information content (AvgIpc) is 2.38. The van der Waals surface area contributed by atoms with Crippen molar-refractivity contribution in [3.05, 3.63) is 53.6 Å². The molecule has 0 radical (unpaired) electrons. The summed E-state index contributed by atoms with van der Waals surface area (Å²) in [5.74, 6) is 0. The van der Waals surface area contributed by atoms with Gasteiger partial charge in [-0.1, -0.05) is 24.3 Å². The highest BCUT2D eigenvalue weighted by Gasteiger charge is 2.07. The maximum atomic E-state index is 10.8. The summed E-state index contributed by atoms with van der Waals surface area (Å²) >= 11 is -2.22. The number of benzene rings is 2. The topological polar surface area (TPSA) is 63.9 Å². The van der Waals surface area contributed by atoms with E-state index in [0.717, 1.165) is 16.7 Å². The zero-order valence-corrected chi connectivity index (χ0v) is 10.5. The Bertz CT molecular complexity index is 642. The molecule has 0 aliphatic rings. The van der Waals surface area contributed by atoms with E-state index in [2.05, 4.69) is 6.07 Å². The molecule has 90 valence electrons. The fraction of sp³-hybridized carbons (Fsp3) is 0.0714. The molecular weight excluding hydrogens is 246 g/mol. The number of hydrogen-bond acceptors (Lipinski definition) is 3. The van der Waals surface area contributed by atoms with Crippen molar-refractivity contribution in [2.24, 2.45) is 0 Å². The van der Waals surface area contributed by atoms with Gasteiger partial charge in [0.25, 0.3) is 0 Å². The molecule has 0 amide bonds. The highest BCUT2D eigenvalue weighted by Crippen LogP contribution is 2.27. The molecule has 0 aromatic heterocycles. The molecule has 2 aromatic carbocycles. The molecule has 1 unspecified atom stereocenters. The van der Waals surface area contributed by atoms with Gasteiger partial charge in [0.1, 0.15) is 0 Å². The van der Waals surface area contributed by atoms with Crippen LogP contribution in [0, 0.1) is 18.3 Å². The molecule has 3 nitrogen and oxygen atoms in total. The van der Waals surface area contributed by atoms with Crippen LogP contribution in [0.1, 0.15) is 11.1 Å². The molecule has 18 heavy (non-hydrogen) atoms. The highest BCUT2D eigenvalue weighted by molar-refractivity contribution is 7.79. The van der Waals surface area contributed by atoms with Crippen LogP contribution in [0.25, 0.3) is 11.1 Å². The molecule has 0 aliphatic heterocycles. The summed E-state index contributed by atoms with van der Waals surface area (Å²) < 4.78 is 21.6.